The van der Waals surface area contributed by atoms with Crippen molar-refractivity contribution in [3.8, 4) is 0 Å². The normalized spacial score (nSPS) is 13.2. The van der Waals surface area contributed by atoms with E-state index in [1.807, 2.05) is 6.92 Å². The molecule has 16 heavy (non-hydrogen) atoms. The summed E-state index contributed by atoms with van der Waals surface area (Å²) in [5.41, 5.74) is 4.27. The van der Waals surface area contributed by atoms with E-state index in [2.05, 4.69) is 10.6 Å². The fourth-order valence-electron chi connectivity index (χ4n) is 1.01. The molecule has 0 aliphatic heterocycles. The van der Waals surface area contributed by atoms with Crippen molar-refractivity contribution in [2.45, 2.75) is 32.4 Å². The fraction of sp³-hybridized carbons (Fsp3) is 0.800. The summed E-state index contributed by atoms with van der Waals surface area (Å²) in [6, 6.07) is -0.0593. The zero-order chi connectivity index (χ0) is 12.8. The van der Waals surface area contributed by atoms with Crippen LogP contribution < -0.4 is 16.4 Å². The summed E-state index contributed by atoms with van der Waals surface area (Å²) in [6.45, 7) is 5.58. The summed E-state index contributed by atoms with van der Waals surface area (Å²) in [7, 11) is 1.57. The summed E-state index contributed by atoms with van der Waals surface area (Å²) >= 11 is 0. The lowest BCUT2D eigenvalue weighted by molar-refractivity contribution is -0.124. The minimum atomic E-state index is -0.887. The van der Waals surface area contributed by atoms with Crippen LogP contribution in [0.1, 0.15) is 20.8 Å². The van der Waals surface area contributed by atoms with E-state index in [-0.39, 0.29) is 18.5 Å². The zero-order valence-electron chi connectivity index (χ0n) is 10.3. The molecule has 0 spiro atoms. The number of carbonyl (C=O) groups is 2. The number of rotatable bonds is 7. The van der Waals surface area contributed by atoms with Gasteiger partial charge in [0.1, 0.15) is 0 Å². The van der Waals surface area contributed by atoms with Crippen molar-refractivity contribution in [1.82, 2.24) is 10.6 Å². The van der Waals surface area contributed by atoms with Crippen LogP contribution in [0.25, 0.3) is 0 Å². The molecule has 0 aromatic carbocycles. The van der Waals surface area contributed by atoms with E-state index >= 15 is 0 Å². The van der Waals surface area contributed by atoms with E-state index in [4.69, 9.17) is 10.5 Å². The van der Waals surface area contributed by atoms with Gasteiger partial charge in [0.25, 0.3) is 0 Å². The number of amides is 2. The minimum Gasteiger partial charge on any atom is -0.383 e. The van der Waals surface area contributed by atoms with Gasteiger partial charge in [-0.05, 0) is 20.8 Å². The first kappa shape index (κ1) is 14.9. The zero-order valence-corrected chi connectivity index (χ0v) is 10.3. The van der Waals surface area contributed by atoms with Gasteiger partial charge in [-0.1, -0.05) is 0 Å². The van der Waals surface area contributed by atoms with Gasteiger partial charge >= 0.3 is 0 Å². The molecule has 0 bridgehead atoms. The van der Waals surface area contributed by atoms with Crippen molar-refractivity contribution in [3.63, 3.8) is 0 Å². The molecule has 0 aromatic rings. The highest BCUT2D eigenvalue weighted by Crippen LogP contribution is 1.98. The van der Waals surface area contributed by atoms with Gasteiger partial charge in [-0.15, -0.1) is 0 Å². The van der Waals surface area contributed by atoms with Crippen molar-refractivity contribution in [1.29, 1.82) is 0 Å². The van der Waals surface area contributed by atoms with Crippen LogP contribution in [0, 0.1) is 0 Å². The van der Waals surface area contributed by atoms with Crippen molar-refractivity contribution >= 4 is 11.8 Å². The van der Waals surface area contributed by atoms with Gasteiger partial charge in [0.2, 0.25) is 11.8 Å². The predicted molar refractivity (Wildman–Crippen MR) is 60.8 cm³/mol. The highest BCUT2D eigenvalue weighted by Gasteiger charge is 2.24. The highest BCUT2D eigenvalue weighted by atomic mass is 16.5. The highest BCUT2D eigenvalue weighted by molar-refractivity contribution is 5.85. The van der Waals surface area contributed by atoms with Crippen molar-refractivity contribution < 1.29 is 14.3 Å². The van der Waals surface area contributed by atoms with Crippen LogP contribution >= 0.6 is 0 Å². The molecule has 0 aromatic heterocycles. The average Bonchev–Trinajstić information content (AvgIpc) is 2.15. The SMILES string of the molecule is COCC(C)NC(=O)CNC(C)(C)C(N)=O. The lowest BCUT2D eigenvalue weighted by Crippen LogP contribution is -2.54. The molecular formula is C10H21N3O3. The van der Waals surface area contributed by atoms with E-state index in [9.17, 15) is 9.59 Å². The number of methoxy groups -OCH3 is 1. The monoisotopic (exact) mass is 231 g/mol. The molecule has 0 aliphatic rings. The van der Waals surface area contributed by atoms with E-state index in [0.29, 0.717) is 6.61 Å². The number of hydrogen-bond acceptors (Lipinski definition) is 4. The molecule has 2 amide bonds. The molecule has 0 fully saturated rings. The van der Waals surface area contributed by atoms with Gasteiger partial charge in [-0.25, -0.2) is 0 Å². The maximum absolute atomic E-state index is 11.4. The Balaban J connectivity index is 3.94. The van der Waals surface area contributed by atoms with Gasteiger partial charge in [-0.3, -0.25) is 14.9 Å². The molecule has 0 heterocycles. The quantitative estimate of drug-likeness (QED) is 0.523. The Bertz CT molecular complexity index is 254. The molecule has 0 rings (SSSR count). The maximum Gasteiger partial charge on any atom is 0.237 e. The third kappa shape index (κ3) is 5.67. The molecule has 1 atom stereocenters. The largest absolute Gasteiger partial charge is 0.383 e. The summed E-state index contributed by atoms with van der Waals surface area (Å²) in [5.74, 6) is -0.691. The second-order valence-electron chi connectivity index (χ2n) is 4.27. The van der Waals surface area contributed by atoms with Crippen LogP contribution in [0.3, 0.4) is 0 Å². The third-order valence-electron chi connectivity index (χ3n) is 2.13. The summed E-state index contributed by atoms with van der Waals surface area (Å²) < 4.78 is 4.88. The number of carbonyl (C=O) groups excluding carboxylic acids is 2. The maximum atomic E-state index is 11.4. The van der Waals surface area contributed by atoms with E-state index in [1.165, 1.54) is 0 Å². The van der Waals surface area contributed by atoms with Gasteiger partial charge in [0.15, 0.2) is 0 Å². The molecule has 4 N–H and O–H groups in total. The minimum absolute atomic E-state index is 0.0456. The Morgan fingerprint density at radius 2 is 2.00 bits per heavy atom. The second-order valence-corrected chi connectivity index (χ2v) is 4.27. The number of ether oxygens (including phenoxy) is 1. The average molecular weight is 231 g/mol. The molecule has 0 radical (unpaired) electrons. The Labute approximate surface area is 95.9 Å². The van der Waals surface area contributed by atoms with Gasteiger partial charge in [-0.2, -0.15) is 0 Å². The molecule has 6 heteroatoms. The van der Waals surface area contributed by atoms with Gasteiger partial charge in [0.05, 0.1) is 18.7 Å². The number of hydrogen-bond donors (Lipinski definition) is 3. The van der Waals surface area contributed by atoms with Crippen molar-refractivity contribution in [2.75, 3.05) is 20.3 Å². The summed E-state index contributed by atoms with van der Waals surface area (Å²) in [4.78, 5) is 22.4. The molecule has 0 saturated heterocycles. The molecular weight excluding hydrogens is 210 g/mol. The first-order valence-corrected chi connectivity index (χ1v) is 5.13. The van der Waals surface area contributed by atoms with E-state index in [0.717, 1.165) is 0 Å². The van der Waals surface area contributed by atoms with Crippen molar-refractivity contribution in [3.05, 3.63) is 0 Å². The third-order valence-corrected chi connectivity index (χ3v) is 2.13. The van der Waals surface area contributed by atoms with Crippen LogP contribution in [0.4, 0.5) is 0 Å². The standard InChI is InChI=1S/C10H21N3O3/c1-7(6-16-4)13-8(14)5-12-10(2,3)9(11)15/h7,12H,5-6H2,1-4H3,(H2,11,15)(H,13,14). The Morgan fingerprint density at radius 1 is 1.44 bits per heavy atom. The Morgan fingerprint density at radius 3 is 2.44 bits per heavy atom. The first-order valence-electron chi connectivity index (χ1n) is 5.13. The summed E-state index contributed by atoms with van der Waals surface area (Å²) in [5, 5.41) is 5.49. The number of nitrogens with one attached hydrogen (secondary N) is 2. The number of nitrogens with two attached hydrogens (primary N) is 1. The van der Waals surface area contributed by atoms with E-state index < -0.39 is 11.4 Å². The Kier molecular flexibility index (Phi) is 5.98. The van der Waals surface area contributed by atoms with Gasteiger partial charge < -0.3 is 15.8 Å². The molecule has 0 saturated carbocycles. The lowest BCUT2D eigenvalue weighted by Gasteiger charge is -2.22. The van der Waals surface area contributed by atoms with Crippen LogP contribution in [-0.2, 0) is 14.3 Å². The molecule has 1 unspecified atom stereocenters. The van der Waals surface area contributed by atoms with Crippen LogP contribution in [-0.4, -0.2) is 43.7 Å². The fourth-order valence-corrected chi connectivity index (χ4v) is 1.01. The van der Waals surface area contributed by atoms with Crippen LogP contribution in [0.5, 0.6) is 0 Å². The predicted octanol–water partition coefficient (Wildman–Crippen LogP) is -1.01. The van der Waals surface area contributed by atoms with Crippen LogP contribution in [0.2, 0.25) is 0 Å². The first-order chi connectivity index (χ1) is 7.29. The molecule has 6 nitrogen and oxygen atoms in total. The van der Waals surface area contributed by atoms with E-state index in [1.54, 1.807) is 21.0 Å². The number of primary amides is 1. The topological polar surface area (TPSA) is 93.4 Å². The Hall–Kier alpha value is -1.14. The molecule has 94 valence electrons. The van der Waals surface area contributed by atoms with Gasteiger partial charge in [0, 0.05) is 13.2 Å². The summed E-state index contributed by atoms with van der Waals surface area (Å²) in [6.07, 6.45) is 0. The smallest absolute Gasteiger partial charge is 0.237 e. The lowest BCUT2D eigenvalue weighted by atomic mass is 10.1. The van der Waals surface area contributed by atoms with Crippen molar-refractivity contribution in [2.24, 2.45) is 5.73 Å². The second kappa shape index (κ2) is 6.44. The molecule has 0 aliphatic carbocycles. The van der Waals surface area contributed by atoms with Crippen LogP contribution in [0.15, 0.2) is 0 Å².